The molecular weight excluding hydrogens is 402 g/mol. The minimum atomic E-state index is -0.447. The van der Waals surface area contributed by atoms with Crippen LogP contribution in [0.5, 0.6) is 0 Å². The van der Waals surface area contributed by atoms with E-state index in [1.54, 1.807) is 42.7 Å². The molecule has 158 valence electrons. The third-order valence-corrected chi connectivity index (χ3v) is 6.20. The van der Waals surface area contributed by atoms with Gasteiger partial charge in [-0.05, 0) is 49.4 Å². The number of halogens is 1. The van der Waals surface area contributed by atoms with E-state index < -0.39 is 6.04 Å². The Bertz CT molecular complexity index is 894. The summed E-state index contributed by atoms with van der Waals surface area (Å²) in [5, 5.41) is 6.57. The van der Waals surface area contributed by atoms with Crippen LogP contribution in [0.1, 0.15) is 42.5 Å². The molecule has 2 aliphatic rings. The number of likely N-dealkylation sites (tertiary alicyclic amines) is 1. The number of aromatic nitrogens is 2. The van der Waals surface area contributed by atoms with Crippen molar-refractivity contribution >= 4 is 29.4 Å². The molecule has 2 N–H and O–H groups in total. The van der Waals surface area contributed by atoms with Crippen molar-refractivity contribution in [2.45, 2.75) is 44.2 Å². The standard InChI is InChI=1S/C22H26ClN5O2/c23-17-7-3-6-16(13-17)21(30)28-18-8-2-1-5-15(18)14-19(28)20(29)24-11-12-27-22-25-9-4-10-26-22/h3-4,6-7,9-10,13,15,18-19H,1-2,5,8,11-12,14H2,(H,24,29)(H,25,26,27). The summed E-state index contributed by atoms with van der Waals surface area (Å²) < 4.78 is 0. The molecule has 4 rings (SSSR count). The van der Waals surface area contributed by atoms with Crippen LogP contribution in [0.25, 0.3) is 0 Å². The molecule has 0 radical (unpaired) electrons. The lowest BCUT2D eigenvalue weighted by Crippen LogP contribution is -2.50. The van der Waals surface area contributed by atoms with Crippen molar-refractivity contribution in [1.82, 2.24) is 20.2 Å². The van der Waals surface area contributed by atoms with Gasteiger partial charge in [0.15, 0.2) is 0 Å². The van der Waals surface area contributed by atoms with Gasteiger partial charge in [0.2, 0.25) is 11.9 Å². The molecule has 3 atom stereocenters. The first-order valence-electron chi connectivity index (χ1n) is 10.5. The largest absolute Gasteiger partial charge is 0.353 e. The fraction of sp³-hybridized carbons (Fsp3) is 0.455. The molecule has 2 fully saturated rings. The van der Waals surface area contributed by atoms with Crippen LogP contribution < -0.4 is 10.6 Å². The first kappa shape index (κ1) is 20.6. The number of hydrogen-bond acceptors (Lipinski definition) is 5. The van der Waals surface area contributed by atoms with Gasteiger partial charge in [0.05, 0.1) is 0 Å². The van der Waals surface area contributed by atoms with E-state index >= 15 is 0 Å². The summed E-state index contributed by atoms with van der Waals surface area (Å²) in [5.41, 5.74) is 0.536. The van der Waals surface area contributed by atoms with Gasteiger partial charge in [-0.15, -0.1) is 0 Å². The number of benzene rings is 1. The fourth-order valence-corrected chi connectivity index (χ4v) is 4.82. The topological polar surface area (TPSA) is 87.2 Å². The predicted molar refractivity (Wildman–Crippen MR) is 115 cm³/mol. The Morgan fingerprint density at radius 2 is 1.90 bits per heavy atom. The molecule has 2 heterocycles. The highest BCUT2D eigenvalue weighted by atomic mass is 35.5. The monoisotopic (exact) mass is 427 g/mol. The maximum absolute atomic E-state index is 13.3. The Labute approximate surface area is 181 Å². The zero-order valence-electron chi connectivity index (χ0n) is 16.8. The number of nitrogens with zero attached hydrogens (tertiary/aromatic N) is 3. The summed E-state index contributed by atoms with van der Waals surface area (Å²) >= 11 is 6.10. The lowest BCUT2D eigenvalue weighted by atomic mass is 9.84. The normalized spacial score (nSPS) is 23.0. The molecule has 0 spiro atoms. The number of anilines is 1. The summed E-state index contributed by atoms with van der Waals surface area (Å²) in [4.78, 5) is 36.4. The van der Waals surface area contributed by atoms with Gasteiger partial charge in [-0.3, -0.25) is 9.59 Å². The minimum Gasteiger partial charge on any atom is -0.353 e. The van der Waals surface area contributed by atoms with E-state index in [2.05, 4.69) is 20.6 Å². The molecule has 1 aliphatic carbocycles. The zero-order valence-corrected chi connectivity index (χ0v) is 17.5. The quantitative estimate of drug-likeness (QED) is 0.691. The molecule has 7 nitrogen and oxygen atoms in total. The van der Waals surface area contributed by atoms with Crippen LogP contribution in [0.15, 0.2) is 42.7 Å². The Morgan fingerprint density at radius 1 is 1.10 bits per heavy atom. The second-order valence-electron chi connectivity index (χ2n) is 7.88. The Kier molecular flexibility index (Phi) is 6.47. The third kappa shape index (κ3) is 4.56. The first-order valence-corrected chi connectivity index (χ1v) is 10.9. The van der Waals surface area contributed by atoms with Gasteiger partial charge in [-0.2, -0.15) is 0 Å². The smallest absolute Gasteiger partial charge is 0.254 e. The van der Waals surface area contributed by atoms with Crippen LogP contribution in [-0.2, 0) is 4.79 Å². The Balaban J connectivity index is 1.43. The van der Waals surface area contributed by atoms with Crippen LogP contribution in [0.4, 0.5) is 5.95 Å². The van der Waals surface area contributed by atoms with Crippen molar-refractivity contribution in [3.63, 3.8) is 0 Å². The van der Waals surface area contributed by atoms with Crippen molar-refractivity contribution in [3.05, 3.63) is 53.3 Å². The summed E-state index contributed by atoms with van der Waals surface area (Å²) in [7, 11) is 0. The molecule has 1 saturated carbocycles. The van der Waals surface area contributed by atoms with Crippen LogP contribution in [0.2, 0.25) is 5.02 Å². The number of rotatable bonds is 6. The summed E-state index contributed by atoms with van der Waals surface area (Å²) in [5.74, 6) is 0.697. The lowest BCUT2D eigenvalue weighted by molar-refractivity contribution is -0.125. The summed E-state index contributed by atoms with van der Waals surface area (Å²) in [6, 6.07) is 8.39. The summed E-state index contributed by atoms with van der Waals surface area (Å²) in [6.07, 6.45) is 8.32. The van der Waals surface area contributed by atoms with E-state index in [0.717, 1.165) is 32.1 Å². The fourth-order valence-electron chi connectivity index (χ4n) is 4.62. The molecule has 2 aromatic rings. The third-order valence-electron chi connectivity index (χ3n) is 5.97. The number of hydrogen-bond donors (Lipinski definition) is 2. The molecule has 3 unspecified atom stereocenters. The van der Waals surface area contributed by atoms with Crippen LogP contribution in [0.3, 0.4) is 0 Å². The second-order valence-corrected chi connectivity index (χ2v) is 8.31. The lowest BCUT2D eigenvalue weighted by Gasteiger charge is -2.33. The van der Waals surface area contributed by atoms with E-state index in [-0.39, 0.29) is 17.9 Å². The molecule has 1 saturated heterocycles. The molecule has 8 heteroatoms. The molecule has 1 aromatic heterocycles. The number of carbonyl (C=O) groups is 2. The number of fused-ring (bicyclic) bond motifs is 1. The van der Waals surface area contributed by atoms with Gasteiger partial charge < -0.3 is 15.5 Å². The van der Waals surface area contributed by atoms with E-state index in [1.807, 2.05) is 4.90 Å². The number of amides is 2. The van der Waals surface area contributed by atoms with Crippen LogP contribution >= 0.6 is 11.6 Å². The van der Waals surface area contributed by atoms with Gasteiger partial charge in [0.25, 0.3) is 5.91 Å². The van der Waals surface area contributed by atoms with E-state index in [1.165, 1.54) is 0 Å². The highest BCUT2D eigenvalue weighted by molar-refractivity contribution is 6.31. The average molecular weight is 428 g/mol. The second kappa shape index (κ2) is 9.43. The average Bonchev–Trinajstić information content (AvgIpc) is 3.16. The highest BCUT2D eigenvalue weighted by Crippen LogP contribution is 2.40. The van der Waals surface area contributed by atoms with Crippen molar-refractivity contribution in [3.8, 4) is 0 Å². The van der Waals surface area contributed by atoms with Crippen molar-refractivity contribution in [2.24, 2.45) is 5.92 Å². The maximum atomic E-state index is 13.3. The minimum absolute atomic E-state index is 0.101. The first-order chi connectivity index (χ1) is 14.6. The van der Waals surface area contributed by atoms with Crippen molar-refractivity contribution in [2.75, 3.05) is 18.4 Å². The predicted octanol–water partition coefficient (Wildman–Crippen LogP) is 3.13. The molecule has 1 aromatic carbocycles. The highest BCUT2D eigenvalue weighted by Gasteiger charge is 2.47. The SMILES string of the molecule is O=C(NCCNc1ncccn1)C1CC2CCCCC2N1C(=O)c1cccc(Cl)c1. The molecule has 30 heavy (non-hydrogen) atoms. The molecule has 1 aliphatic heterocycles. The summed E-state index contributed by atoms with van der Waals surface area (Å²) in [6.45, 7) is 0.944. The van der Waals surface area contributed by atoms with E-state index in [9.17, 15) is 9.59 Å². The van der Waals surface area contributed by atoms with Crippen molar-refractivity contribution < 1.29 is 9.59 Å². The van der Waals surface area contributed by atoms with Crippen molar-refractivity contribution in [1.29, 1.82) is 0 Å². The van der Waals surface area contributed by atoms with Crippen LogP contribution in [-0.4, -0.2) is 51.9 Å². The molecule has 0 bridgehead atoms. The Morgan fingerprint density at radius 3 is 2.70 bits per heavy atom. The van der Waals surface area contributed by atoms with Gasteiger partial charge in [0, 0.05) is 42.1 Å². The van der Waals surface area contributed by atoms with E-state index in [0.29, 0.717) is 35.5 Å². The van der Waals surface area contributed by atoms with E-state index in [4.69, 9.17) is 11.6 Å². The van der Waals surface area contributed by atoms with Gasteiger partial charge in [0.1, 0.15) is 6.04 Å². The zero-order chi connectivity index (χ0) is 20.9. The molecular formula is C22H26ClN5O2. The van der Waals surface area contributed by atoms with Gasteiger partial charge in [-0.25, -0.2) is 9.97 Å². The van der Waals surface area contributed by atoms with Gasteiger partial charge in [-0.1, -0.05) is 30.5 Å². The van der Waals surface area contributed by atoms with Crippen LogP contribution in [0, 0.1) is 5.92 Å². The Hall–Kier alpha value is -2.67. The maximum Gasteiger partial charge on any atom is 0.254 e. The molecule has 2 amide bonds. The number of nitrogens with one attached hydrogen (secondary N) is 2. The number of carbonyl (C=O) groups excluding carboxylic acids is 2. The van der Waals surface area contributed by atoms with Gasteiger partial charge >= 0.3 is 0 Å².